The summed E-state index contributed by atoms with van der Waals surface area (Å²) in [6, 6.07) is 11.9. The van der Waals surface area contributed by atoms with Gasteiger partial charge in [0.25, 0.3) is 5.91 Å². The maximum atomic E-state index is 11.7. The molecule has 1 amide bonds. The summed E-state index contributed by atoms with van der Waals surface area (Å²) < 4.78 is 3.56. The summed E-state index contributed by atoms with van der Waals surface area (Å²) in [7, 11) is 0. The molecular formula is C14H9BrN2OS2. The number of amides is 1. The molecule has 6 heteroatoms. The van der Waals surface area contributed by atoms with Crippen molar-refractivity contribution in [2.24, 2.45) is 0 Å². The van der Waals surface area contributed by atoms with E-state index in [1.807, 2.05) is 53.2 Å². The minimum Gasteiger partial charge on any atom is -0.317 e. The molecule has 1 N–H and O–H groups in total. The molecule has 20 heavy (non-hydrogen) atoms. The van der Waals surface area contributed by atoms with Crippen molar-refractivity contribution < 1.29 is 4.79 Å². The molecule has 0 saturated carbocycles. The topological polar surface area (TPSA) is 34.0 Å². The first-order chi connectivity index (χ1) is 9.63. The Bertz CT molecular complexity index is 719. The molecule has 3 nitrogen and oxygen atoms in total. The molecule has 1 aromatic carbocycles. The van der Waals surface area contributed by atoms with Crippen molar-refractivity contribution in [1.82, 2.24) is 9.88 Å². The summed E-state index contributed by atoms with van der Waals surface area (Å²) in [5, 5.41) is 2.62. The van der Waals surface area contributed by atoms with Gasteiger partial charge in [-0.3, -0.25) is 4.79 Å². The third kappa shape index (κ3) is 2.72. The Morgan fingerprint density at radius 1 is 1.25 bits per heavy atom. The van der Waals surface area contributed by atoms with Crippen LogP contribution in [0.4, 0.5) is 0 Å². The van der Waals surface area contributed by atoms with E-state index in [1.165, 1.54) is 11.8 Å². The zero-order chi connectivity index (χ0) is 14.1. The first-order valence-electron chi connectivity index (χ1n) is 5.81. The van der Waals surface area contributed by atoms with Gasteiger partial charge in [-0.2, -0.15) is 0 Å². The van der Waals surface area contributed by atoms with Crippen molar-refractivity contribution in [2.45, 2.75) is 0 Å². The highest BCUT2D eigenvalue weighted by molar-refractivity contribution is 9.10. The lowest BCUT2D eigenvalue weighted by Gasteiger charge is -2.07. The maximum absolute atomic E-state index is 11.7. The van der Waals surface area contributed by atoms with E-state index in [0.29, 0.717) is 9.23 Å². The average molecular weight is 365 g/mol. The maximum Gasteiger partial charge on any atom is 0.263 e. The lowest BCUT2D eigenvalue weighted by atomic mass is 10.3. The van der Waals surface area contributed by atoms with Crippen LogP contribution < -0.4 is 5.32 Å². The van der Waals surface area contributed by atoms with Gasteiger partial charge >= 0.3 is 0 Å². The lowest BCUT2D eigenvalue weighted by molar-refractivity contribution is -0.115. The number of thiocarbonyl (C=S) groups is 1. The highest BCUT2D eigenvalue weighted by Crippen LogP contribution is 2.27. The largest absolute Gasteiger partial charge is 0.317 e. The molecule has 1 aliphatic rings. The number of hydrogen-bond donors (Lipinski definition) is 1. The van der Waals surface area contributed by atoms with Gasteiger partial charge in [0.15, 0.2) is 0 Å². The number of benzene rings is 1. The summed E-state index contributed by atoms with van der Waals surface area (Å²) in [4.78, 5) is 12.3. The molecular weight excluding hydrogens is 356 g/mol. The summed E-state index contributed by atoms with van der Waals surface area (Å²) in [5.74, 6) is -0.136. The second-order valence-corrected chi connectivity index (χ2v) is 6.77. The van der Waals surface area contributed by atoms with Gasteiger partial charge in [0, 0.05) is 22.1 Å². The molecule has 0 unspecified atom stereocenters. The first-order valence-corrected chi connectivity index (χ1v) is 7.83. The van der Waals surface area contributed by atoms with Crippen molar-refractivity contribution in [3.8, 4) is 5.69 Å². The minimum absolute atomic E-state index is 0.136. The van der Waals surface area contributed by atoms with Gasteiger partial charge in [-0.05, 0) is 42.5 Å². The zero-order valence-corrected chi connectivity index (χ0v) is 13.4. The standard InChI is InChI=1S/C14H9BrN2OS2/c15-9-3-5-10(6-4-9)17-7-1-2-11(17)8-12-13(18)16-14(19)20-12/h1-8H,(H,16,18,19). The number of carbonyl (C=O) groups is 1. The fourth-order valence-electron chi connectivity index (χ4n) is 1.90. The second kappa shape index (κ2) is 5.55. The molecule has 1 fully saturated rings. The van der Waals surface area contributed by atoms with E-state index >= 15 is 0 Å². The van der Waals surface area contributed by atoms with Crippen LogP contribution in [0.3, 0.4) is 0 Å². The molecule has 3 rings (SSSR count). The molecule has 0 aliphatic carbocycles. The lowest BCUT2D eigenvalue weighted by Crippen LogP contribution is -2.17. The van der Waals surface area contributed by atoms with Crippen molar-refractivity contribution >= 4 is 56.2 Å². The number of nitrogens with zero attached hydrogens (tertiary/aromatic N) is 1. The number of hydrogen-bond acceptors (Lipinski definition) is 3. The smallest absolute Gasteiger partial charge is 0.263 e. The zero-order valence-electron chi connectivity index (χ0n) is 10.2. The number of carbonyl (C=O) groups excluding carboxylic acids is 1. The van der Waals surface area contributed by atoms with Crippen LogP contribution in [0, 0.1) is 0 Å². The Hall–Kier alpha value is -1.37. The summed E-state index contributed by atoms with van der Waals surface area (Å²) >= 11 is 9.70. The van der Waals surface area contributed by atoms with Crippen LogP contribution in [0.2, 0.25) is 0 Å². The highest BCUT2D eigenvalue weighted by Gasteiger charge is 2.22. The van der Waals surface area contributed by atoms with Gasteiger partial charge in [-0.15, -0.1) is 0 Å². The molecule has 0 bridgehead atoms. The fraction of sp³-hybridized carbons (Fsp3) is 0. The van der Waals surface area contributed by atoms with E-state index in [0.717, 1.165) is 15.9 Å². The van der Waals surface area contributed by atoms with E-state index in [4.69, 9.17) is 12.2 Å². The van der Waals surface area contributed by atoms with Crippen LogP contribution in [-0.2, 0) is 4.79 Å². The van der Waals surface area contributed by atoms with Crippen LogP contribution in [0.15, 0.2) is 52.0 Å². The molecule has 2 heterocycles. The molecule has 100 valence electrons. The summed E-state index contributed by atoms with van der Waals surface area (Å²) in [6.07, 6.45) is 3.81. The van der Waals surface area contributed by atoms with Gasteiger partial charge in [-0.25, -0.2) is 0 Å². The Labute approximate surface area is 134 Å². The molecule has 2 aromatic rings. The summed E-state index contributed by atoms with van der Waals surface area (Å²) in [6.45, 7) is 0. The number of halogens is 1. The van der Waals surface area contributed by atoms with Gasteiger partial charge in [-0.1, -0.05) is 39.9 Å². The van der Waals surface area contributed by atoms with Crippen molar-refractivity contribution in [3.63, 3.8) is 0 Å². The third-order valence-electron chi connectivity index (χ3n) is 2.81. The predicted octanol–water partition coefficient (Wildman–Crippen LogP) is 3.73. The Morgan fingerprint density at radius 2 is 2.00 bits per heavy atom. The SMILES string of the molecule is O=C1NC(=S)SC1=Cc1cccn1-c1ccc(Br)cc1. The molecule has 1 aliphatic heterocycles. The number of nitrogens with one attached hydrogen (secondary N) is 1. The quantitative estimate of drug-likeness (QED) is 0.651. The van der Waals surface area contributed by atoms with Gasteiger partial charge < -0.3 is 9.88 Å². The Morgan fingerprint density at radius 3 is 2.65 bits per heavy atom. The number of aromatic nitrogens is 1. The van der Waals surface area contributed by atoms with E-state index < -0.39 is 0 Å². The number of thioether (sulfide) groups is 1. The number of rotatable bonds is 2. The summed E-state index contributed by atoms with van der Waals surface area (Å²) in [5.41, 5.74) is 1.98. The van der Waals surface area contributed by atoms with Crippen LogP contribution in [0.25, 0.3) is 11.8 Å². The van der Waals surface area contributed by atoms with Crippen LogP contribution >= 0.6 is 39.9 Å². The van der Waals surface area contributed by atoms with E-state index in [-0.39, 0.29) is 5.91 Å². The van der Waals surface area contributed by atoms with Gasteiger partial charge in [0.2, 0.25) is 0 Å². The third-order valence-corrected chi connectivity index (χ3v) is 4.50. The second-order valence-electron chi connectivity index (χ2n) is 4.13. The van der Waals surface area contributed by atoms with E-state index in [9.17, 15) is 4.79 Å². The molecule has 0 atom stereocenters. The fourth-order valence-corrected chi connectivity index (χ4v) is 3.20. The first kappa shape index (κ1) is 13.6. The van der Waals surface area contributed by atoms with Crippen LogP contribution in [-0.4, -0.2) is 14.8 Å². The minimum atomic E-state index is -0.136. The Balaban J connectivity index is 1.99. The molecule has 0 radical (unpaired) electrons. The molecule has 1 aromatic heterocycles. The molecule has 0 spiro atoms. The van der Waals surface area contributed by atoms with Crippen molar-refractivity contribution in [2.75, 3.05) is 0 Å². The van der Waals surface area contributed by atoms with Crippen LogP contribution in [0.5, 0.6) is 0 Å². The highest BCUT2D eigenvalue weighted by atomic mass is 79.9. The molecule has 1 saturated heterocycles. The van der Waals surface area contributed by atoms with Crippen molar-refractivity contribution in [1.29, 1.82) is 0 Å². The van der Waals surface area contributed by atoms with E-state index in [2.05, 4.69) is 21.2 Å². The van der Waals surface area contributed by atoms with E-state index in [1.54, 1.807) is 0 Å². The van der Waals surface area contributed by atoms with Crippen molar-refractivity contribution in [3.05, 3.63) is 57.7 Å². The predicted molar refractivity (Wildman–Crippen MR) is 89.8 cm³/mol. The van der Waals surface area contributed by atoms with Gasteiger partial charge in [0.1, 0.15) is 4.32 Å². The monoisotopic (exact) mass is 364 g/mol. The average Bonchev–Trinajstić information content (AvgIpc) is 2.98. The normalized spacial score (nSPS) is 16.8. The van der Waals surface area contributed by atoms with Gasteiger partial charge in [0.05, 0.1) is 4.91 Å². The Kier molecular flexibility index (Phi) is 3.78. The van der Waals surface area contributed by atoms with Crippen LogP contribution in [0.1, 0.15) is 5.69 Å².